The van der Waals surface area contributed by atoms with Crippen LogP contribution in [0.3, 0.4) is 0 Å². The summed E-state index contributed by atoms with van der Waals surface area (Å²) in [5.41, 5.74) is 2.12. The lowest BCUT2D eigenvalue weighted by Crippen LogP contribution is -2.42. The SMILES string of the molecule is Cc1nc(Cl)ccc1Nc1cc2c(c(C(F)(F)F)c1)N(C)[C@@H]1CCNC[C@H]21. The zero-order chi connectivity index (χ0) is 19.3. The Morgan fingerprint density at radius 1 is 1.30 bits per heavy atom. The van der Waals surface area contributed by atoms with E-state index in [4.69, 9.17) is 11.6 Å². The molecule has 1 saturated heterocycles. The van der Waals surface area contributed by atoms with Crippen molar-refractivity contribution in [1.82, 2.24) is 10.3 Å². The lowest BCUT2D eigenvalue weighted by Gasteiger charge is -2.31. The maximum Gasteiger partial charge on any atom is 0.418 e. The van der Waals surface area contributed by atoms with Gasteiger partial charge in [-0.1, -0.05) is 11.6 Å². The van der Waals surface area contributed by atoms with Crippen molar-refractivity contribution in [1.29, 1.82) is 0 Å². The molecule has 3 heterocycles. The fourth-order valence-electron chi connectivity index (χ4n) is 4.23. The van der Waals surface area contributed by atoms with Crippen molar-refractivity contribution in [2.45, 2.75) is 31.5 Å². The Labute approximate surface area is 160 Å². The molecule has 2 aliphatic heterocycles. The van der Waals surface area contributed by atoms with Gasteiger partial charge < -0.3 is 15.5 Å². The predicted octanol–water partition coefficient (Wildman–Crippen LogP) is 4.70. The zero-order valence-corrected chi connectivity index (χ0v) is 15.7. The highest BCUT2D eigenvalue weighted by molar-refractivity contribution is 6.29. The van der Waals surface area contributed by atoms with Crippen LogP contribution in [0.25, 0.3) is 0 Å². The fraction of sp³-hybridized carbons (Fsp3) is 0.421. The smallest absolute Gasteiger partial charge is 0.370 e. The molecule has 2 aliphatic rings. The van der Waals surface area contributed by atoms with Gasteiger partial charge in [0, 0.05) is 31.2 Å². The minimum absolute atomic E-state index is 0.0473. The van der Waals surface area contributed by atoms with Crippen LogP contribution in [0.4, 0.5) is 30.2 Å². The van der Waals surface area contributed by atoms with E-state index < -0.39 is 11.7 Å². The number of hydrogen-bond donors (Lipinski definition) is 2. The molecule has 2 atom stereocenters. The summed E-state index contributed by atoms with van der Waals surface area (Å²) >= 11 is 5.87. The summed E-state index contributed by atoms with van der Waals surface area (Å²) in [5.74, 6) is 0.0473. The Kier molecular flexibility index (Phi) is 4.47. The third-order valence-corrected chi connectivity index (χ3v) is 5.68. The lowest BCUT2D eigenvalue weighted by molar-refractivity contribution is -0.137. The number of hydrogen-bond acceptors (Lipinski definition) is 4. The molecule has 4 rings (SSSR count). The number of nitrogens with one attached hydrogen (secondary N) is 2. The van der Waals surface area contributed by atoms with E-state index in [0.717, 1.165) is 18.5 Å². The van der Waals surface area contributed by atoms with Crippen LogP contribution in [-0.2, 0) is 6.18 Å². The average molecular weight is 397 g/mol. The molecule has 0 saturated carbocycles. The monoisotopic (exact) mass is 396 g/mol. The second-order valence-corrected chi connectivity index (χ2v) is 7.52. The van der Waals surface area contributed by atoms with Gasteiger partial charge >= 0.3 is 6.18 Å². The van der Waals surface area contributed by atoms with E-state index in [9.17, 15) is 13.2 Å². The largest absolute Gasteiger partial charge is 0.418 e. The Bertz CT molecular complexity index is 884. The number of piperidine rings is 1. The van der Waals surface area contributed by atoms with Gasteiger partial charge in [-0.25, -0.2) is 4.98 Å². The molecule has 0 bridgehead atoms. The first kappa shape index (κ1) is 18.4. The molecule has 1 aromatic heterocycles. The standard InChI is InChI=1S/C19H20ClF3N4/c1-10-15(3-4-17(20)25-10)26-11-7-12-13-9-24-6-5-16(13)27(2)18(12)14(8-11)19(21,22)23/h3-4,7-8,13,16,24,26H,5-6,9H2,1-2H3/t13-,16-/m1/s1. The van der Waals surface area contributed by atoms with Crippen LogP contribution in [0, 0.1) is 6.92 Å². The van der Waals surface area contributed by atoms with Gasteiger partial charge in [0.2, 0.25) is 0 Å². The number of fused-ring (bicyclic) bond motifs is 3. The number of pyridine rings is 1. The van der Waals surface area contributed by atoms with Gasteiger partial charge in [-0.2, -0.15) is 13.2 Å². The summed E-state index contributed by atoms with van der Waals surface area (Å²) in [7, 11) is 1.77. The van der Waals surface area contributed by atoms with Crippen molar-refractivity contribution < 1.29 is 13.2 Å². The topological polar surface area (TPSA) is 40.2 Å². The molecule has 2 aromatic rings. The molecule has 0 radical (unpaired) electrons. The van der Waals surface area contributed by atoms with Crippen LogP contribution in [0.1, 0.15) is 29.2 Å². The quantitative estimate of drug-likeness (QED) is 0.722. The van der Waals surface area contributed by atoms with Crippen LogP contribution in [-0.4, -0.2) is 31.2 Å². The highest BCUT2D eigenvalue weighted by Gasteiger charge is 2.45. The van der Waals surface area contributed by atoms with Gasteiger partial charge in [-0.3, -0.25) is 0 Å². The Morgan fingerprint density at radius 3 is 2.78 bits per heavy atom. The molecule has 1 fully saturated rings. The zero-order valence-electron chi connectivity index (χ0n) is 15.0. The van der Waals surface area contributed by atoms with Crippen LogP contribution in [0.15, 0.2) is 24.3 Å². The van der Waals surface area contributed by atoms with Gasteiger partial charge in [0.05, 0.1) is 22.6 Å². The number of aromatic nitrogens is 1. The minimum Gasteiger partial charge on any atom is -0.370 e. The predicted molar refractivity (Wildman–Crippen MR) is 101 cm³/mol. The van der Waals surface area contributed by atoms with Crippen molar-refractivity contribution in [3.05, 3.63) is 46.2 Å². The van der Waals surface area contributed by atoms with E-state index in [1.54, 1.807) is 26.1 Å². The molecule has 27 heavy (non-hydrogen) atoms. The summed E-state index contributed by atoms with van der Waals surface area (Å²) < 4.78 is 41.5. The highest BCUT2D eigenvalue weighted by atomic mass is 35.5. The van der Waals surface area contributed by atoms with Crippen LogP contribution in [0.5, 0.6) is 0 Å². The van der Waals surface area contributed by atoms with E-state index in [1.807, 2.05) is 11.0 Å². The van der Waals surface area contributed by atoms with Gasteiger partial charge in [0.1, 0.15) is 5.15 Å². The van der Waals surface area contributed by atoms with Crippen molar-refractivity contribution in [2.24, 2.45) is 0 Å². The lowest BCUT2D eigenvalue weighted by atomic mass is 9.89. The normalized spacial score (nSPS) is 21.8. The number of benzene rings is 1. The number of nitrogens with zero attached hydrogens (tertiary/aromatic N) is 2. The molecule has 0 spiro atoms. The number of likely N-dealkylation sites (N-methyl/N-ethyl adjacent to an activating group) is 1. The maximum atomic E-state index is 13.8. The minimum atomic E-state index is -4.43. The van der Waals surface area contributed by atoms with E-state index in [0.29, 0.717) is 34.5 Å². The number of halogens is 4. The van der Waals surface area contributed by atoms with Crippen molar-refractivity contribution in [3.63, 3.8) is 0 Å². The van der Waals surface area contributed by atoms with Crippen molar-refractivity contribution in [2.75, 3.05) is 30.4 Å². The van der Waals surface area contributed by atoms with E-state index in [-0.39, 0.29) is 12.0 Å². The molecule has 0 aliphatic carbocycles. The molecule has 1 aromatic carbocycles. The van der Waals surface area contributed by atoms with Gasteiger partial charge in [-0.15, -0.1) is 0 Å². The van der Waals surface area contributed by atoms with E-state index in [1.165, 1.54) is 6.07 Å². The van der Waals surface area contributed by atoms with Crippen molar-refractivity contribution in [3.8, 4) is 0 Å². The third-order valence-electron chi connectivity index (χ3n) is 5.47. The van der Waals surface area contributed by atoms with E-state index >= 15 is 0 Å². The summed E-state index contributed by atoms with van der Waals surface area (Å²) in [6, 6.07) is 6.46. The molecule has 0 unspecified atom stereocenters. The van der Waals surface area contributed by atoms with Gasteiger partial charge in [0.25, 0.3) is 0 Å². The Morgan fingerprint density at radius 2 is 2.07 bits per heavy atom. The molecule has 2 N–H and O–H groups in total. The van der Waals surface area contributed by atoms with Crippen LogP contribution >= 0.6 is 11.6 Å². The summed E-state index contributed by atoms with van der Waals surface area (Å²) in [6.07, 6.45) is -3.60. The van der Waals surface area contributed by atoms with Gasteiger partial charge in [-0.05, 0) is 49.7 Å². The first-order valence-electron chi connectivity index (χ1n) is 8.84. The third kappa shape index (κ3) is 3.23. The summed E-state index contributed by atoms with van der Waals surface area (Å²) in [6.45, 7) is 3.27. The molecule has 144 valence electrons. The first-order chi connectivity index (χ1) is 12.8. The van der Waals surface area contributed by atoms with E-state index in [2.05, 4.69) is 15.6 Å². The number of anilines is 3. The number of rotatable bonds is 2. The van der Waals surface area contributed by atoms with Crippen LogP contribution in [0.2, 0.25) is 5.15 Å². The fourth-order valence-corrected chi connectivity index (χ4v) is 4.42. The molecule has 8 heteroatoms. The van der Waals surface area contributed by atoms with Crippen LogP contribution < -0.4 is 15.5 Å². The second kappa shape index (κ2) is 6.56. The number of aryl methyl sites for hydroxylation is 1. The molecular formula is C19H20ClF3N4. The Balaban J connectivity index is 1.81. The average Bonchev–Trinajstić information content (AvgIpc) is 2.89. The van der Waals surface area contributed by atoms with Crippen molar-refractivity contribution >= 4 is 28.7 Å². The maximum absolute atomic E-state index is 13.8. The highest BCUT2D eigenvalue weighted by Crippen LogP contribution is 2.50. The summed E-state index contributed by atoms with van der Waals surface area (Å²) in [4.78, 5) is 5.96. The summed E-state index contributed by atoms with van der Waals surface area (Å²) in [5, 5.41) is 6.75. The Hall–Kier alpha value is -1.99. The molecular weight excluding hydrogens is 377 g/mol. The van der Waals surface area contributed by atoms with Gasteiger partial charge in [0.15, 0.2) is 0 Å². The molecule has 4 nitrogen and oxygen atoms in total. The number of alkyl halides is 3. The first-order valence-corrected chi connectivity index (χ1v) is 9.22. The second-order valence-electron chi connectivity index (χ2n) is 7.13. The molecule has 0 amide bonds.